The molecule has 0 bridgehead atoms. The Balaban J connectivity index is 1.48. The van der Waals surface area contributed by atoms with Crippen LogP contribution in [0, 0.1) is 0 Å². The number of aryl methyl sites for hydroxylation is 1. The summed E-state index contributed by atoms with van der Waals surface area (Å²) in [7, 11) is 1.90. The zero-order valence-corrected chi connectivity index (χ0v) is 17.5. The number of thioether (sulfide) groups is 1. The first kappa shape index (κ1) is 18.2. The van der Waals surface area contributed by atoms with Gasteiger partial charge in [-0.25, -0.2) is 15.0 Å². The third kappa shape index (κ3) is 3.91. The van der Waals surface area contributed by atoms with E-state index < -0.39 is 0 Å². The second kappa shape index (κ2) is 7.81. The van der Waals surface area contributed by atoms with E-state index in [1.54, 1.807) is 22.6 Å². The highest BCUT2D eigenvalue weighted by atomic mass is 79.9. The van der Waals surface area contributed by atoms with E-state index in [1.807, 2.05) is 38.1 Å². The average molecular weight is 447 g/mol. The van der Waals surface area contributed by atoms with Crippen LogP contribution in [-0.2, 0) is 7.05 Å². The second-order valence-corrected chi connectivity index (χ2v) is 7.80. The summed E-state index contributed by atoms with van der Waals surface area (Å²) in [6.07, 6.45) is 11.2. The van der Waals surface area contributed by atoms with Crippen molar-refractivity contribution in [2.45, 2.75) is 5.16 Å². The van der Waals surface area contributed by atoms with Crippen LogP contribution in [0.15, 0.2) is 40.6 Å². The minimum atomic E-state index is 0.783. The lowest BCUT2D eigenvalue weighted by molar-refractivity contribution is 0.636. The van der Waals surface area contributed by atoms with Crippen molar-refractivity contribution >= 4 is 39.3 Å². The summed E-state index contributed by atoms with van der Waals surface area (Å²) in [6.45, 7) is 3.44. The molecule has 1 aliphatic heterocycles. The quantitative estimate of drug-likeness (QED) is 0.446. The monoisotopic (exact) mass is 446 g/mol. The topological polar surface area (TPSA) is 75.9 Å². The van der Waals surface area contributed by atoms with Crippen molar-refractivity contribution in [2.24, 2.45) is 7.05 Å². The van der Waals surface area contributed by atoms with Gasteiger partial charge in [0.05, 0.1) is 28.8 Å². The fourth-order valence-electron chi connectivity index (χ4n) is 3.01. The molecule has 0 amide bonds. The Labute approximate surface area is 170 Å². The fraction of sp³-hybridized carbons (Fsp3) is 0.353. The summed E-state index contributed by atoms with van der Waals surface area (Å²) >= 11 is 5.12. The zero-order chi connectivity index (χ0) is 18.8. The Morgan fingerprint density at radius 1 is 1.00 bits per heavy atom. The SMILES string of the molecule is CSc1ncc(Br)c(N2CCN(c3cncc(-c4cnn(C)c4)n3)CC2)n1. The van der Waals surface area contributed by atoms with Crippen molar-refractivity contribution in [3.05, 3.63) is 35.5 Å². The largest absolute Gasteiger partial charge is 0.352 e. The molecule has 0 atom stereocenters. The maximum atomic E-state index is 4.78. The van der Waals surface area contributed by atoms with Gasteiger partial charge in [0, 0.05) is 51.2 Å². The molecule has 3 aromatic heterocycles. The highest BCUT2D eigenvalue weighted by Crippen LogP contribution is 2.27. The van der Waals surface area contributed by atoms with E-state index in [9.17, 15) is 0 Å². The van der Waals surface area contributed by atoms with Gasteiger partial charge in [-0.05, 0) is 22.2 Å². The third-order valence-electron chi connectivity index (χ3n) is 4.41. The number of rotatable bonds is 4. The lowest BCUT2D eigenvalue weighted by Crippen LogP contribution is -2.47. The average Bonchev–Trinajstić information content (AvgIpc) is 3.15. The molecule has 0 aliphatic carbocycles. The van der Waals surface area contributed by atoms with Crippen molar-refractivity contribution < 1.29 is 0 Å². The lowest BCUT2D eigenvalue weighted by atomic mass is 10.2. The van der Waals surface area contributed by atoms with Gasteiger partial charge in [-0.3, -0.25) is 9.67 Å². The normalized spacial score (nSPS) is 14.6. The standard InChI is InChI=1S/C17H19BrN8S/c1-24-11-12(7-21-24)14-9-19-10-15(22-14)25-3-5-26(6-4-25)16-13(18)8-20-17(23-16)27-2/h7-11H,3-6H2,1-2H3. The Hall–Kier alpha value is -2.20. The number of hydrogen-bond acceptors (Lipinski definition) is 8. The molecule has 4 rings (SSSR count). The van der Waals surface area contributed by atoms with Crippen LogP contribution in [-0.4, -0.2) is 62.2 Å². The van der Waals surface area contributed by atoms with Crippen LogP contribution >= 0.6 is 27.7 Å². The summed E-state index contributed by atoms with van der Waals surface area (Å²) in [4.78, 5) is 22.6. The number of hydrogen-bond donors (Lipinski definition) is 0. The molecule has 27 heavy (non-hydrogen) atoms. The van der Waals surface area contributed by atoms with Crippen LogP contribution < -0.4 is 9.80 Å². The van der Waals surface area contributed by atoms with Gasteiger partial charge in [0.25, 0.3) is 0 Å². The molecule has 1 fully saturated rings. The van der Waals surface area contributed by atoms with E-state index in [1.165, 1.54) is 0 Å². The van der Waals surface area contributed by atoms with E-state index in [2.05, 4.69) is 45.8 Å². The van der Waals surface area contributed by atoms with E-state index in [0.717, 1.165) is 58.7 Å². The Morgan fingerprint density at radius 2 is 1.78 bits per heavy atom. The van der Waals surface area contributed by atoms with Crippen molar-refractivity contribution in [1.82, 2.24) is 29.7 Å². The maximum Gasteiger partial charge on any atom is 0.189 e. The molecule has 0 N–H and O–H groups in total. The predicted octanol–water partition coefficient (Wildman–Crippen LogP) is 2.48. The molecule has 140 valence electrons. The number of anilines is 2. The van der Waals surface area contributed by atoms with Crippen molar-refractivity contribution in [3.63, 3.8) is 0 Å². The summed E-state index contributed by atoms with van der Waals surface area (Å²) in [5.41, 5.74) is 1.81. The molecule has 0 spiro atoms. The molecular weight excluding hydrogens is 428 g/mol. The minimum absolute atomic E-state index is 0.783. The summed E-state index contributed by atoms with van der Waals surface area (Å²) < 4.78 is 2.69. The number of aromatic nitrogens is 6. The molecule has 0 radical (unpaired) electrons. The van der Waals surface area contributed by atoms with Gasteiger partial charge in [-0.1, -0.05) is 11.8 Å². The zero-order valence-electron chi connectivity index (χ0n) is 15.1. The highest BCUT2D eigenvalue weighted by Gasteiger charge is 2.22. The van der Waals surface area contributed by atoms with Gasteiger partial charge in [0.15, 0.2) is 5.16 Å². The molecule has 1 aliphatic rings. The van der Waals surface area contributed by atoms with Crippen LogP contribution in [0.5, 0.6) is 0 Å². The third-order valence-corrected chi connectivity index (χ3v) is 5.53. The van der Waals surface area contributed by atoms with Gasteiger partial charge in [0.1, 0.15) is 11.6 Å². The number of nitrogens with zero attached hydrogens (tertiary/aromatic N) is 8. The van der Waals surface area contributed by atoms with E-state index in [-0.39, 0.29) is 0 Å². The van der Waals surface area contributed by atoms with Gasteiger partial charge < -0.3 is 9.80 Å². The molecular formula is C17H19BrN8S. The van der Waals surface area contributed by atoms with Crippen LogP contribution in [0.4, 0.5) is 11.6 Å². The van der Waals surface area contributed by atoms with Gasteiger partial charge >= 0.3 is 0 Å². The first-order valence-electron chi connectivity index (χ1n) is 8.51. The molecule has 4 heterocycles. The second-order valence-electron chi connectivity index (χ2n) is 6.17. The first-order valence-corrected chi connectivity index (χ1v) is 10.5. The van der Waals surface area contributed by atoms with Crippen LogP contribution in [0.1, 0.15) is 0 Å². The molecule has 0 aromatic carbocycles. The maximum absolute atomic E-state index is 4.78. The van der Waals surface area contributed by atoms with Crippen molar-refractivity contribution in [1.29, 1.82) is 0 Å². The van der Waals surface area contributed by atoms with E-state index >= 15 is 0 Å². The van der Waals surface area contributed by atoms with Crippen molar-refractivity contribution in [2.75, 3.05) is 42.2 Å². The van der Waals surface area contributed by atoms with Crippen molar-refractivity contribution in [3.8, 4) is 11.3 Å². The molecule has 10 heteroatoms. The smallest absolute Gasteiger partial charge is 0.189 e. The predicted molar refractivity (Wildman–Crippen MR) is 110 cm³/mol. The molecule has 0 saturated carbocycles. The van der Waals surface area contributed by atoms with E-state index in [4.69, 9.17) is 4.98 Å². The van der Waals surface area contributed by atoms with Gasteiger partial charge in [0.2, 0.25) is 0 Å². The van der Waals surface area contributed by atoms with E-state index in [0.29, 0.717) is 0 Å². The van der Waals surface area contributed by atoms with Crippen LogP contribution in [0.2, 0.25) is 0 Å². The first-order chi connectivity index (χ1) is 13.1. The fourth-order valence-corrected chi connectivity index (χ4v) is 3.79. The molecule has 0 unspecified atom stereocenters. The van der Waals surface area contributed by atoms with Crippen LogP contribution in [0.3, 0.4) is 0 Å². The molecule has 1 saturated heterocycles. The van der Waals surface area contributed by atoms with Crippen LogP contribution in [0.25, 0.3) is 11.3 Å². The lowest BCUT2D eigenvalue weighted by Gasteiger charge is -2.36. The number of halogens is 1. The summed E-state index contributed by atoms with van der Waals surface area (Å²) in [5.74, 6) is 1.84. The summed E-state index contributed by atoms with van der Waals surface area (Å²) in [5, 5.41) is 4.99. The Morgan fingerprint density at radius 3 is 2.48 bits per heavy atom. The number of piperazine rings is 1. The summed E-state index contributed by atoms with van der Waals surface area (Å²) in [6, 6.07) is 0. The van der Waals surface area contributed by atoms with Gasteiger partial charge in [-0.2, -0.15) is 5.10 Å². The highest BCUT2D eigenvalue weighted by molar-refractivity contribution is 9.10. The van der Waals surface area contributed by atoms with Gasteiger partial charge in [-0.15, -0.1) is 0 Å². The molecule has 8 nitrogen and oxygen atoms in total. The minimum Gasteiger partial charge on any atom is -0.352 e. The Bertz CT molecular complexity index is 938. The Kier molecular flexibility index (Phi) is 5.26. The molecule has 3 aromatic rings.